The highest BCUT2D eigenvalue weighted by Gasteiger charge is 2.50. The van der Waals surface area contributed by atoms with E-state index in [9.17, 15) is 49.8 Å². The van der Waals surface area contributed by atoms with Gasteiger partial charge in [-0.2, -0.15) is 0 Å². The normalized spacial score (nSPS) is 23.8. The molecular formula is C27H42Cl2N4O17P2. The van der Waals surface area contributed by atoms with Gasteiger partial charge in [0.1, 0.15) is 65.1 Å². The van der Waals surface area contributed by atoms with Crippen molar-refractivity contribution < 1.29 is 71.1 Å². The van der Waals surface area contributed by atoms with Crippen LogP contribution in [-0.4, -0.2) is 122 Å². The Kier molecular flexibility index (Phi) is 17.6. The predicted molar refractivity (Wildman–Crippen MR) is 180 cm³/mol. The highest BCUT2D eigenvalue weighted by molar-refractivity contribution is 7.51. The highest BCUT2D eigenvalue weighted by Crippen LogP contribution is 2.55. The van der Waals surface area contributed by atoms with Gasteiger partial charge < -0.3 is 34.0 Å². The van der Waals surface area contributed by atoms with Crippen LogP contribution in [0.25, 0.3) is 0 Å². The van der Waals surface area contributed by atoms with Crippen molar-refractivity contribution in [2.45, 2.75) is 75.7 Å². The molecule has 296 valence electrons. The lowest BCUT2D eigenvalue weighted by Crippen LogP contribution is -2.61. The van der Waals surface area contributed by atoms with E-state index >= 15 is 0 Å². The molecule has 0 bridgehead atoms. The van der Waals surface area contributed by atoms with E-state index in [4.69, 9.17) is 54.9 Å². The van der Waals surface area contributed by atoms with Gasteiger partial charge in [-0.1, -0.05) is 0 Å². The number of ether oxygens (including phenoxy) is 1. The van der Waals surface area contributed by atoms with Gasteiger partial charge in [0.25, 0.3) is 0 Å². The molecule has 3 heterocycles. The van der Waals surface area contributed by atoms with Crippen molar-refractivity contribution in [1.82, 2.24) is 9.34 Å². The third-order valence-corrected chi connectivity index (χ3v) is 12.1. The van der Waals surface area contributed by atoms with Gasteiger partial charge in [-0.3, -0.25) is 38.3 Å². The van der Waals surface area contributed by atoms with Gasteiger partial charge in [0.05, 0.1) is 18.7 Å². The Morgan fingerprint density at radius 3 is 1.73 bits per heavy atom. The summed E-state index contributed by atoms with van der Waals surface area (Å²) >= 11 is 11.5. The Balaban J connectivity index is 1.78. The summed E-state index contributed by atoms with van der Waals surface area (Å²) in [5, 5.41) is 65.3. The number of hydrogen-bond acceptors (Lipinski definition) is 17. The number of nitro groups is 2. The fourth-order valence-corrected chi connectivity index (χ4v) is 8.01. The molecule has 2 aromatic rings. The molecule has 0 amide bonds. The van der Waals surface area contributed by atoms with Crippen molar-refractivity contribution >= 4 is 50.5 Å². The molecule has 0 aromatic carbocycles. The number of unbranched alkanes of at least 4 members (excludes halogenated alkanes) is 2. The summed E-state index contributed by atoms with van der Waals surface area (Å²) in [6.45, 7) is -1.78. The lowest BCUT2D eigenvalue weighted by Gasteiger charge is -2.43. The summed E-state index contributed by atoms with van der Waals surface area (Å²) in [5.74, 6) is -0.734. The zero-order chi connectivity index (χ0) is 38.6. The van der Waals surface area contributed by atoms with E-state index in [2.05, 4.69) is 0 Å². The van der Waals surface area contributed by atoms with Gasteiger partial charge in [-0.25, -0.2) is 18.5 Å². The Morgan fingerprint density at radius 2 is 1.27 bits per heavy atom. The van der Waals surface area contributed by atoms with E-state index in [-0.39, 0.29) is 24.6 Å². The van der Waals surface area contributed by atoms with Crippen molar-refractivity contribution in [2.24, 2.45) is 0 Å². The molecule has 1 aliphatic rings. The van der Waals surface area contributed by atoms with E-state index < -0.39 is 93.7 Å². The molecule has 25 heteroatoms. The SMILES string of the molecule is CN(CCCCCl)P(=O)(OCc1ccc([N+](=O)[O-])o1)OC[C@@H](O)[C@H]1O[C@@H](OP(=O)(OCc2ccc([N+](=O)[O-])o2)N(C)CCCCCl)[C@@H](O)[C@@H](O)[C@@H]1O. The molecular weight excluding hydrogens is 785 g/mol. The number of alkyl halides is 2. The zero-order valence-electron chi connectivity index (χ0n) is 28.1. The topological polar surface area (TPSA) is 280 Å². The fourth-order valence-electron chi connectivity index (χ4n) is 4.61. The second-order valence-corrected chi connectivity index (χ2v) is 16.4. The number of nitrogens with zero attached hydrogens (tertiary/aromatic N) is 4. The van der Waals surface area contributed by atoms with E-state index in [1.807, 2.05) is 0 Å². The van der Waals surface area contributed by atoms with Crippen LogP contribution < -0.4 is 0 Å². The number of hydrogen-bond donors (Lipinski definition) is 4. The zero-order valence-corrected chi connectivity index (χ0v) is 31.4. The van der Waals surface area contributed by atoms with Crippen LogP contribution in [-0.2, 0) is 45.2 Å². The van der Waals surface area contributed by atoms with Crippen molar-refractivity contribution in [1.29, 1.82) is 0 Å². The van der Waals surface area contributed by atoms with E-state index in [1.165, 1.54) is 30.9 Å². The molecule has 4 N–H and O–H groups in total. The average molecular weight is 827 g/mol. The average Bonchev–Trinajstić information content (AvgIpc) is 3.80. The standard InChI is InChI=1S/C27H42Cl2N4O17P2/c1-30(13-5-3-11-28)51(42,44-15-18-7-9-21(47-18)32(38)39)46-17-20(34)26-24(36)23(35)25(37)27(49-26)50-52(43,31(2)14-6-4-12-29)45-16-19-8-10-22(48-19)33(40)41/h7-10,20,23-27,34-37H,3-6,11-17H2,1-2H3/t20-,23+,24+,25+,26-,27+,51?,52?/m1/s1. The maximum absolute atomic E-state index is 14.1. The van der Waals surface area contributed by atoms with Crippen LogP contribution in [0.2, 0.25) is 0 Å². The monoisotopic (exact) mass is 826 g/mol. The fraction of sp³-hybridized carbons (Fsp3) is 0.704. The number of aliphatic hydroxyl groups excluding tert-OH is 4. The summed E-state index contributed by atoms with van der Waals surface area (Å²) < 4.78 is 68.2. The van der Waals surface area contributed by atoms with Crippen molar-refractivity contribution in [2.75, 3.05) is 45.6 Å². The van der Waals surface area contributed by atoms with Crippen LogP contribution in [0.5, 0.6) is 0 Å². The lowest BCUT2D eigenvalue weighted by atomic mass is 9.96. The van der Waals surface area contributed by atoms with Crippen molar-refractivity contribution in [3.05, 3.63) is 56.0 Å². The number of furan rings is 2. The van der Waals surface area contributed by atoms with Crippen LogP contribution in [0.3, 0.4) is 0 Å². The first-order chi connectivity index (χ1) is 24.5. The van der Waals surface area contributed by atoms with E-state index in [0.29, 0.717) is 37.4 Å². The predicted octanol–water partition coefficient (Wildman–Crippen LogP) is 3.74. The molecule has 21 nitrogen and oxygen atoms in total. The largest absolute Gasteiger partial charge is 0.433 e. The summed E-state index contributed by atoms with van der Waals surface area (Å²) in [7, 11) is -6.08. The van der Waals surface area contributed by atoms with Gasteiger partial charge in [0, 0.05) is 24.8 Å². The summed E-state index contributed by atoms with van der Waals surface area (Å²) in [4.78, 5) is 20.4. The van der Waals surface area contributed by atoms with Crippen molar-refractivity contribution in [3.63, 3.8) is 0 Å². The molecule has 0 saturated carbocycles. The number of halogens is 2. The molecule has 8 atom stereocenters. The van der Waals surface area contributed by atoms with Crippen LogP contribution in [0, 0.1) is 20.2 Å². The Labute approximate surface area is 307 Å². The maximum Gasteiger partial charge on any atom is 0.433 e. The van der Waals surface area contributed by atoms with Gasteiger partial charge >= 0.3 is 27.3 Å². The maximum atomic E-state index is 14.1. The Morgan fingerprint density at radius 1 is 0.788 bits per heavy atom. The minimum Gasteiger partial charge on any atom is -0.403 e. The van der Waals surface area contributed by atoms with Gasteiger partial charge in [0.2, 0.25) is 0 Å². The Bertz CT molecular complexity index is 1530. The van der Waals surface area contributed by atoms with Gasteiger partial charge in [-0.05, 0) is 51.9 Å². The van der Waals surface area contributed by atoms with Gasteiger partial charge in [-0.15, -0.1) is 23.2 Å². The smallest absolute Gasteiger partial charge is 0.403 e. The van der Waals surface area contributed by atoms with Gasteiger partial charge in [0.15, 0.2) is 6.29 Å². The summed E-state index contributed by atoms with van der Waals surface area (Å²) in [6.07, 6.45) is -9.87. The minimum absolute atomic E-state index is 0.0575. The first-order valence-electron chi connectivity index (χ1n) is 15.8. The molecule has 1 fully saturated rings. The molecule has 2 aromatic heterocycles. The third kappa shape index (κ3) is 12.2. The number of aliphatic hydroxyl groups is 4. The lowest BCUT2D eigenvalue weighted by molar-refractivity contribution is -0.402. The second kappa shape index (κ2) is 20.6. The third-order valence-electron chi connectivity index (χ3n) is 7.59. The second-order valence-electron chi connectivity index (χ2n) is 11.4. The highest BCUT2D eigenvalue weighted by atomic mass is 35.5. The van der Waals surface area contributed by atoms with Crippen molar-refractivity contribution in [3.8, 4) is 0 Å². The molecule has 52 heavy (non-hydrogen) atoms. The molecule has 1 saturated heterocycles. The minimum atomic E-state index is -4.51. The molecule has 1 aliphatic heterocycles. The molecule has 0 radical (unpaired) electrons. The Hall–Kier alpha value is -2.04. The van der Waals surface area contributed by atoms with Crippen LogP contribution in [0.4, 0.5) is 11.8 Å². The quantitative estimate of drug-likeness (QED) is 0.0385. The molecule has 0 aliphatic carbocycles. The van der Waals surface area contributed by atoms with Crippen LogP contribution in [0.1, 0.15) is 37.2 Å². The van der Waals surface area contributed by atoms with E-state index in [0.717, 1.165) is 16.8 Å². The molecule has 3 rings (SSSR count). The first kappa shape index (κ1) is 44.4. The number of rotatable bonds is 24. The molecule has 2 unspecified atom stereocenters. The first-order valence-corrected chi connectivity index (χ1v) is 19.8. The van der Waals surface area contributed by atoms with Crippen LogP contribution >= 0.6 is 38.7 Å². The summed E-state index contributed by atoms with van der Waals surface area (Å²) in [5.41, 5.74) is 0. The summed E-state index contributed by atoms with van der Waals surface area (Å²) in [6, 6.07) is 4.58. The van der Waals surface area contributed by atoms with E-state index in [1.54, 1.807) is 0 Å². The van der Waals surface area contributed by atoms with Crippen LogP contribution in [0.15, 0.2) is 33.1 Å². The molecule has 0 spiro atoms.